The number of nitrogens with two attached hydrogens (primary N) is 1. The molecule has 0 aliphatic carbocycles. The van der Waals surface area contributed by atoms with Crippen molar-refractivity contribution in [1.29, 1.82) is 0 Å². The fraction of sp³-hybridized carbons (Fsp3) is 0.292. The Balaban J connectivity index is 1.34. The zero-order chi connectivity index (χ0) is 20.1. The predicted molar refractivity (Wildman–Crippen MR) is 121 cm³/mol. The van der Waals surface area contributed by atoms with Crippen molar-refractivity contribution in [2.45, 2.75) is 26.4 Å². The van der Waals surface area contributed by atoms with Crippen molar-refractivity contribution in [3.8, 4) is 5.75 Å². The molecule has 1 aromatic heterocycles. The maximum Gasteiger partial charge on any atom is 0.180 e. The maximum absolute atomic E-state index is 6.05. The van der Waals surface area contributed by atoms with E-state index in [4.69, 9.17) is 10.5 Å². The Labute approximate surface area is 176 Å². The summed E-state index contributed by atoms with van der Waals surface area (Å²) >= 11 is 1.64. The molecular weight excluding hydrogens is 378 g/mol. The predicted octanol–water partition coefficient (Wildman–Crippen LogP) is 4.73. The summed E-state index contributed by atoms with van der Waals surface area (Å²) in [5, 5.41) is 0.702. The molecule has 2 heterocycles. The van der Waals surface area contributed by atoms with Crippen LogP contribution in [0, 0.1) is 6.92 Å². The fourth-order valence-corrected chi connectivity index (χ4v) is 4.51. The normalized spacial score (nSPS) is 14.7. The van der Waals surface area contributed by atoms with Gasteiger partial charge in [0.2, 0.25) is 0 Å². The van der Waals surface area contributed by atoms with Crippen molar-refractivity contribution >= 4 is 22.5 Å². The minimum atomic E-state index is 0.589. The number of benzene rings is 2. The largest absolute Gasteiger partial charge is 0.489 e. The van der Waals surface area contributed by atoms with Gasteiger partial charge >= 0.3 is 0 Å². The Bertz CT molecular complexity index is 956. The molecule has 0 fully saturated rings. The molecule has 0 spiro atoms. The van der Waals surface area contributed by atoms with Gasteiger partial charge in [0.05, 0.1) is 5.69 Å². The lowest BCUT2D eigenvalue weighted by Gasteiger charge is -2.17. The highest BCUT2D eigenvalue weighted by Crippen LogP contribution is 2.25. The average Bonchev–Trinajstić information content (AvgIpc) is 2.99. The third-order valence-electron chi connectivity index (χ3n) is 5.34. The van der Waals surface area contributed by atoms with Gasteiger partial charge in [0.1, 0.15) is 12.4 Å². The third-order valence-corrected chi connectivity index (χ3v) is 6.33. The quantitative estimate of drug-likeness (QED) is 0.644. The van der Waals surface area contributed by atoms with Gasteiger partial charge in [-0.2, -0.15) is 0 Å². The topological polar surface area (TPSA) is 51.4 Å². The summed E-state index contributed by atoms with van der Waals surface area (Å²) in [6, 6.07) is 16.5. The molecule has 4 nitrogen and oxygen atoms in total. The van der Waals surface area contributed by atoms with Gasteiger partial charge < -0.3 is 10.5 Å². The van der Waals surface area contributed by atoms with Crippen molar-refractivity contribution in [3.63, 3.8) is 0 Å². The SMILES string of the molecule is Cc1c(/C=C/CN2CCc3nc(N)sc3CC2)cccc1OCc1ccccc1. The highest BCUT2D eigenvalue weighted by atomic mass is 32.1. The van der Waals surface area contributed by atoms with Crippen LogP contribution in [0.5, 0.6) is 5.75 Å². The first kappa shape index (κ1) is 19.7. The molecule has 2 aromatic carbocycles. The molecule has 150 valence electrons. The first-order chi connectivity index (χ1) is 14.2. The van der Waals surface area contributed by atoms with Gasteiger partial charge in [-0.25, -0.2) is 4.98 Å². The minimum Gasteiger partial charge on any atom is -0.489 e. The smallest absolute Gasteiger partial charge is 0.180 e. The number of nitrogens with zero attached hydrogens (tertiary/aromatic N) is 2. The molecule has 29 heavy (non-hydrogen) atoms. The molecule has 1 aliphatic rings. The molecule has 4 rings (SSSR count). The van der Waals surface area contributed by atoms with Gasteiger partial charge in [0.15, 0.2) is 5.13 Å². The van der Waals surface area contributed by atoms with E-state index in [2.05, 4.69) is 53.2 Å². The van der Waals surface area contributed by atoms with Crippen LogP contribution >= 0.6 is 11.3 Å². The number of aromatic nitrogens is 1. The average molecular weight is 406 g/mol. The standard InChI is InChI=1S/C24H27N3OS/c1-18-20(9-5-11-22(18)28-17-19-7-3-2-4-8-19)10-6-14-27-15-12-21-23(13-16-27)29-24(25)26-21/h2-11H,12-17H2,1H3,(H2,25,26)/b10-6+. The van der Waals surface area contributed by atoms with Crippen molar-refractivity contribution in [2.75, 3.05) is 25.4 Å². The van der Waals surface area contributed by atoms with Gasteiger partial charge in [-0.1, -0.05) is 54.6 Å². The molecule has 1 aliphatic heterocycles. The Morgan fingerprint density at radius 3 is 2.79 bits per heavy atom. The number of thiazole rings is 1. The van der Waals surface area contributed by atoms with Gasteiger partial charge in [-0.3, -0.25) is 4.90 Å². The molecule has 0 bridgehead atoms. The number of hydrogen-bond acceptors (Lipinski definition) is 5. The van der Waals surface area contributed by atoms with E-state index in [9.17, 15) is 0 Å². The highest BCUT2D eigenvalue weighted by molar-refractivity contribution is 7.15. The van der Waals surface area contributed by atoms with E-state index in [-0.39, 0.29) is 0 Å². The lowest BCUT2D eigenvalue weighted by atomic mass is 10.1. The van der Waals surface area contributed by atoms with Crippen LogP contribution in [0.15, 0.2) is 54.6 Å². The first-order valence-electron chi connectivity index (χ1n) is 10.1. The third kappa shape index (κ3) is 5.05. The van der Waals surface area contributed by atoms with Crippen LogP contribution < -0.4 is 10.5 Å². The molecule has 0 radical (unpaired) electrons. The molecule has 2 N–H and O–H groups in total. The summed E-state index contributed by atoms with van der Waals surface area (Å²) in [5.74, 6) is 0.943. The Morgan fingerprint density at radius 1 is 1.10 bits per heavy atom. The van der Waals surface area contributed by atoms with Crippen LogP contribution in [0.3, 0.4) is 0 Å². The zero-order valence-corrected chi connectivity index (χ0v) is 17.6. The fourth-order valence-electron chi connectivity index (χ4n) is 3.64. The van der Waals surface area contributed by atoms with Crippen molar-refractivity contribution in [3.05, 3.63) is 81.9 Å². The number of anilines is 1. The van der Waals surface area contributed by atoms with E-state index >= 15 is 0 Å². The second-order valence-electron chi connectivity index (χ2n) is 7.37. The molecule has 0 saturated carbocycles. The highest BCUT2D eigenvalue weighted by Gasteiger charge is 2.16. The zero-order valence-electron chi connectivity index (χ0n) is 16.8. The molecule has 0 atom stereocenters. The summed E-state index contributed by atoms with van der Waals surface area (Å²) in [7, 11) is 0. The molecule has 0 amide bonds. The number of ether oxygens (including phenoxy) is 1. The first-order valence-corrected chi connectivity index (χ1v) is 10.9. The Hall–Kier alpha value is -2.63. The van der Waals surface area contributed by atoms with Gasteiger partial charge in [-0.05, 0) is 36.1 Å². The van der Waals surface area contributed by atoms with Gasteiger partial charge in [0.25, 0.3) is 0 Å². The molecule has 3 aromatic rings. The van der Waals surface area contributed by atoms with Crippen LogP contribution in [0.25, 0.3) is 6.08 Å². The van der Waals surface area contributed by atoms with Crippen molar-refractivity contribution in [1.82, 2.24) is 9.88 Å². The van der Waals surface area contributed by atoms with E-state index < -0.39 is 0 Å². The molecular formula is C24H27N3OS. The Kier molecular flexibility index (Phi) is 6.27. The van der Waals surface area contributed by atoms with Crippen molar-refractivity contribution < 1.29 is 4.74 Å². The summed E-state index contributed by atoms with van der Waals surface area (Å²) < 4.78 is 6.05. The maximum atomic E-state index is 6.05. The Morgan fingerprint density at radius 2 is 1.93 bits per heavy atom. The van der Waals surface area contributed by atoms with Crippen LogP contribution in [0.2, 0.25) is 0 Å². The van der Waals surface area contributed by atoms with Gasteiger partial charge in [-0.15, -0.1) is 11.3 Å². The molecule has 5 heteroatoms. The minimum absolute atomic E-state index is 0.589. The number of fused-ring (bicyclic) bond motifs is 1. The van der Waals surface area contributed by atoms with E-state index in [0.29, 0.717) is 11.7 Å². The summed E-state index contributed by atoms with van der Waals surface area (Å²) in [4.78, 5) is 8.30. The van der Waals surface area contributed by atoms with E-state index in [1.807, 2.05) is 24.3 Å². The number of rotatable bonds is 6. The van der Waals surface area contributed by atoms with Gasteiger partial charge in [0, 0.05) is 30.9 Å². The number of hydrogen-bond donors (Lipinski definition) is 1. The lowest BCUT2D eigenvalue weighted by molar-refractivity contribution is 0.304. The van der Waals surface area contributed by atoms with E-state index in [1.54, 1.807) is 11.3 Å². The second kappa shape index (κ2) is 9.25. The van der Waals surface area contributed by atoms with Crippen LogP contribution in [-0.2, 0) is 19.4 Å². The van der Waals surface area contributed by atoms with Crippen molar-refractivity contribution in [2.24, 2.45) is 0 Å². The summed E-state index contributed by atoms with van der Waals surface area (Å²) in [6.45, 7) is 5.74. The molecule has 0 unspecified atom stereocenters. The van der Waals surface area contributed by atoms with Crippen LogP contribution in [0.4, 0.5) is 5.13 Å². The lowest BCUT2D eigenvalue weighted by Crippen LogP contribution is -2.26. The number of nitrogen functional groups attached to an aromatic ring is 1. The van der Waals surface area contributed by atoms with E-state index in [1.165, 1.54) is 27.3 Å². The van der Waals surface area contributed by atoms with E-state index in [0.717, 1.165) is 38.2 Å². The molecule has 0 saturated heterocycles. The summed E-state index contributed by atoms with van der Waals surface area (Å²) in [6.07, 6.45) is 6.49. The van der Waals surface area contributed by atoms with Crippen LogP contribution in [-0.4, -0.2) is 29.5 Å². The van der Waals surface area contributed by atoms with Crippen LogP contribution in [0.1, 0.15) is 27.3 Å². The monoisotopic (exact) mass is 405 g/mol. The second-order valence-corrected chi connectivity index (χ2v) is 8.48. The summed E-state index contributed by atoms with van der Waals surface area (Å²) in [5.41, 5.74) is 10.6.